The maximum Gasteiger partial charge on any atom is 0.223 e. The number of pyridine rings is 1. The van der Waals surface area contributed by atoms with Crippen LogP contribution in [0.1, 0.15) is 42.5 Å². The first kappa shape index (κ1) is 22.9. The second-order valence-electron chi connectivity index (χ2n) is 7.26. The SMILES string of the molecule is CC.CC(=O)Nc1ncc(CN2CCc3ccc(Oc4ccc(C)nc4)cc3CC2)s1. The first-order valence-corrected chi connectivity index (χ1v) is 11.5. The molecule has 1 aliphatic heterocycles. The zero-order valence-electron chi connectivity index (χ0n) is 18.6. The Kier molecular flexibility index (Phi) is 8.14. The minimum absolute atomic E-state index is 0.0874. The highest BCUT2D eigenvalue weighted by Crippen LogP contribution is 2.27. The van der Waals surface area contributed by atoms with Crippen molar-refractivity contribution >= 4 is 22.4 Å². The Labute approximate surface area is 188 Å². The molecule has 0 saturated heterocycles. The van der Waals surface area contributed by atoms with E-state index >= 15 is 0 Å². The van der Waals surface area contributed by atoms with Crippen LogP contribution < -0.4 is 10.1 Å². The van der Waals surface area contributed by atoms with Gasteiger partial charge >= 0.3 is 0 Å². The van der Waals surface area contributed by atoms with Gasteiger partial charge in [-0.05, 0) is 55.2 Å². The lowest BCUT2D eigenvalue weighted by Gasteiger charge is -2.18. The Balaban J connectivity index is 0.00000132. The lowest BCUT2D eigenvalue weighted by Crippen LogP contribution is -2.25. The van der Waals surface area contributed by atoms with Gasteiger partial charge in [0, 0.05) is 43.3 Å². The summed E-state index contributed by atoms with van der Waals surface area (Å²) >= 11 is 1.54. The fraction of sp³-hybridized carbons (Fsp3) is 0.375. The van der Waals surface area contributed by atoms with Gasteiger partial charge in [-0.2, -0.15) is 0 Å². The third-order valence-electron chi connectivity index (χ3n) is 4.91. The van der Waals surface area contributed by atoms with Crippen LogP contribution in [-0.2, 0) is 24.2 Å². The van der Waals surface area contributed by atoms with E-state index in [0.29, 0.717) is 5.13 Å². The van der Waals surface area contributed by atoms with Gasteiger partial charge in [-0.1, -0.05) is 19.9 Å². The number of aromatic nitrogens is 2. The molecule has 1 N–H and O–H groups in total. The molecule has 2 aromatic heterocycles. The van der Waals surface area contributed by atoms with E-state index in [0.717, 1.165) is 54.5 Å². The van der Waals surface area contributed by atoms with Gasteiger partial charge in [0.15, 0.2) is 5.13 Å². The predicted molar refractivity (Wildman–Crippen MR) is 126 cm³/mol. The number of nitrogens with zero attached hydrogens (tertiary/aromatic N) is 3. The number of anilines is 1. The zero-order valence-corrected chi connectivity index (χ0v) is 19.5. The van der Waals surface area contributed by atoms with Crippen molar-refractivity contribution in [1.29, 1.82) is 0 Å². The number of ether oxygens (including phenoxy) is 1. The highest BCUT2D eigenvalue weighted by Gasteiger charge is 2.16. The van der Waals surface area contributed by atoms with Crippen molar-refractivity contribution in [2.24, 2.45) is 0 Å². The number of aryl methyl sites for hydroxylation is 1. The minimum Gasteiger partial charge on any atom is -0.456 e. The Hall–Kier alpha value is -2.77. The molecule has 0 aliphatic carbocycles. The Morgan fingerprint density at radius 2 is 1.81 bits per heavy atom. The lowest BCUT2D eigenvalue weighted by atomic mass is 10.0. The van der Waals surface area contributed by atoms with Crippen molar-refractivity contribution in [2.75, 3.05) is 18.4 Å². The molecule has 31 heavy (non-hydrogen) atoms. The molecule has 6 nitrogen and oxygen atoms in total. The van der Waals surface area contributed by atoms with Crippen molar-refractivity contribution in [3.8, 4) is 11.5 Å². The topological polar surface area (TPSA) is 67.4 Å². The summed E-state index contributed by atoms with van der Waals surface area (Å²) in [5, 5.41) is 3.41. The summed E-state index contributed by atoms with van der Waals surface area (Å²) in [6.45, 7) is 10.3. The largest absolute Gasteiger partial charge is 0.456 e. The fourth-order valence-corrected chi connectivity index (χ4v) is 4.33. The molecule has 1 amide bonds. The van der Waals surface area contributed by atoms with Gasteiger partial charge in [0.2, 0.25) is 5.91 Å². The van der Waals surface area contributed by atoms with Crippen LogP contribution in [0.5, 0.6) is 11.5 Å². The molecule has 3 aromatic rings. The number of carbonyl (C=O) groups excluding carboxylic acids is 1. The van der Waals surface area contributed by atoms with Gasteiger partial charge in [0.25, 0.3) is 0 Å². The average Bonchev–Trinajstić information content (AvgIpc) is 3.09. The molecular weight excluding hydrogens is 408 g/mol. The number of carbonyl (C=O) groups is 1. The van der Waals surface area contributed by atoms with Gasteiger partial charge in [-0.25, -0.2) is 4.98 Å². The molecule has 0 saturated carbocycles. The summed E-state index contributed by atoms with van der Waals surface area (Å²) < 4.78 is 5.98. The van der Waals surface area contributed by atoms with Crippen molar-refractivity contribution in [1.82, 2.24) is 14.9 Å². The summed E-state index contributed by atoms with van der Waals surface area (Å²) in [5.41, 5.74) is 3.70. The van der Waals surface area contributed by atoms with Crippen LogP contribution >= 0.6 is 11.3 Å². The van der Waals surface area contributed by atoms with Crippen LogP contribution in [0.25, 0.3) is 0 Å². The molecule has 4 rings (SSSR count). The predicted octanol–water partition coefficient (Wildman–Crippen LogP) is 5.22. The van der Waals surface area contributed by atoms with Crippen LogP contribution in [0.3, 0.4) is 0 Å². The molecule has 1 aliphatic rings. The van der Waals surface area contributed by atoms with E-state index < -0.39 is 0 Å². The summed E-state index contributed by atoms with van der Waals surface area (Å²) in [5.74, 6) is 1.52. The second-order valence-corrected chi connectivity index (χ2v) is 8.37. The smallest absolute Gasteiger partial charge is 0.223 e. The molecule has 7 heteroatoms. The maximum atomic E-state index is 11.2. The molecule has 3 heterocycles. The Bertz CT molecular complexity index is 1000. The fourth-order valence-electron chi connectivity index (χ4n) is 3.43. The molecule has 0 spiro atoms. The van der Waals surface area contributed by atoms with Gasteiger partial charge < -0.3 is 10.1 Å². The molecular formula is C24H30N4O2S. The monoisotopic (exact) mass is 438 g/mol. The first-order valence-electron chi connectivity index (χ1n) is 10.7. The van der Waals surface area contributed by atoms with E-state index in [4.69, 9.17) is 4.74 Å². The van der Waals surface area contributed by atoms with Crippen LogP contribution in [-0.4, -0.2) is 33.9 Å². The van der Waals surface area contributed by atoms with Gasteiger partial charge in [-0.15, -0.1) is 11.3 Å². The van der Waals surface area contributed by atoms with Crippen molar-refractivity contribution < 1.29 is 9.53 Å². The number of hydrogen-bond donors (Lipinski definition) is 1. The van der Waals surface area contributed by atoms with Gasteiger partial charge in [-0.3, -0.25) is 14.7 Å². The first-order chi connectivity index (χ1) is 15.0. The average molecular weight is 439 g/mol. The molecule has 0 radical (unpaired) electrons. The second kappa shape index (κ2) is 11.0. The number of benzene rings is 1. The maximum absolute atomic E-state index is 11.2. The number of nitrogens with one attached hydrogen (secondary N) is 1. The van der Waals surface area contributed by atoms with E-state index in [1.165, 1.54) is 29.4 Å². The number of amides is 1. The molecule has 0 atom stereocenters. The van der Waals surface area contributed by atoms with Crippen LogP contribution in [0.4, 0.5) is 5.13 Å². The lowest BCUT2D eigenvalue weighted by molar-refractivity contribution is -0.114. The van der Waals surface area contributed by atoms with Gasteiger partial charge in [0.05, 0.1) is 6.20 Å². The molecule has 0 bridgehead atoms. The highest BCUT2D eigenvalue weighted by atomic mass is 32.1. The van der Waals surface area contributed by atoms with E-state index in [2.05, 4.69) is 32.3 Å². The summed E-state index contributed by atoms with van der Waals surface area (Å²) in [6, 6.07) is 10.3. The van der Waals surface area contributed by atoms with E-state index in [9.17, 15) is 4.79 Å². The number of thiazole rings is 1. The van der Waals surface area contributed by atoms with E-state index in [1.54, 1.807) is 6.20 Å². The zero-order chi connectivity index (χ0) is 22.2. The molecule has 1 aromatic carbocycles. The molecule has 0 unspecified atom stereocenters. The molecule has 0 fully saturated rings. The minimum atomic E-state index is -0.0874. The third-order valence-corrected chi connectivity index (χ3v) is 5.81. The number of hydrogen-bond acceptors (Lipinski definition) is 6. The van der Waals surface area contributed by atoms with E-state index in [-0.39, 0.29) is 5.91 Å². The number of rotatable bonds is 5. The normalized spacial score (nSPS) is 13.4. The summed E-state index contributed by atoms with van der Waals surface area (Å²) in [4.78, 5) is 23.3. The highest BCUT2D eigenvalue weighted by molar-refractivity contribution is 7.15. The molecule has 164 valence electrons. The van der Waals surface area contributed by atoms with Crippen LogP contribution in [0.15, 0.2) is 42.7 Å². The van der Waals surface area contributed by atoms with Crippen LogP contribution in [0, 0.1) is 6.92 Å². The third kappa shape index (κ3) is 6.60. The summed E-state index contributed by atoms with van der Waals surface area (Å²) in [7, 11) is 0. The Morgan fingerprint density at radius 3 is 2.52 bits per heavy atom. The standard InChI is InChI=1S/C22H24N4O2S.C2H6/c1-15-3-5-20(12-23-15)28-19-6-4-17-7-9-26(10-8-18(17)11-19)14-21-13-24-22(29-21)25-16(2)27;1-2/h3-6,11-13H,7-10,14H2,1-2H3,(H,24,25,27);1-2H3. The van der Waals surface area contributed by atoms with Crippen molar-refractivity contribution in [3.63, 3.8) is 0 Å². The van der Waals surface area contributed by atoms with Gasteiger partial charge in [0.1, 0.15) is 11.5 Å². The van der Waals surface area contributed by atoms with E-state index in [1.807, 2.05) is 45.2 Å². The quantitative estimate of drug-likeness (QED) is 0.591. The van der Waals surface area contributed by atoms with Crippen molar-refractivity contribution in [2.45, 2.75) is 47.1 Å². The summed E-state index contributed by atoms with van der Waals surface area (Å²) in [6.07, 6.45) is 5.61. The number of fused-ring (bicyclic) bond motifs is 1. The van der Waals surface area contributed by atoms with Crippen LogP contribution in [0.2, 0.25) is 0 Å². The Morgan fingerprint density at radius 1 is 1.06 bits per heavy atom. The van der Waals surface area contributed by atoms with Crippen molar-refractivity contribution in [3.05, 3.63) is 64.4 Å².